The molecular formula is C36H43N13O7. The van der Waals surface area contributed by atoms with E-state index in [1.54, 1.807) is 41.2 Å². The number of carbonyl (C=O) groups is 6. The average Bonchev–Trinajstić information content (AvgIpc) is 3.78. The summed E-state index contributed by atoms with van der Waals surface area (Å²) in [5.41, 5.74) is 12.8. The number of carbonyl (C=O) groups excluding carboxylic acids is 6. The van der Waals surface area contributed by atoms with E-state index in [0.29, 0.717) is 69.7 Å². The van der Waals surface area contributed by atoms with Crippen LogP contribution >= 0.6 is 0 Å². The Balaban J connectivity index is 0.828. The number of ether oxygens (including phenoxy) is 1. The van der Waals surface area contributed by atoms with Gasteiger partial charge >= 0.3 is 6.09 Å². The van der Waals surface area contributed by atoms with E-state index in [-0.39, 0.29) is 41.6 Å². The second-order valence-corrected chi connectivity index (χ2v) is 15.0. The smallest absolute Gasteiger partial charge is 0.410 e. The number of primary amides is 1. The Labute approximate surface area is 321 Å². The topological polar surface area (TPSA) is 248 Å². The Hall–Kier alpha value is -6.15. The van der Waals surface area contributed by atoms with E-state index >= 15 is 0 Å². The lowest BCUT2D eigenvalue weighted by atomic mass is 9.90. The summed E-state index contributed by atoms with van der Waals surface area (Å²) in [7, 11) is 1.77. The highest BCUT2D eigenvalue weighted by Crippen LogP contribution is 2.36. The molecule has 20 heteroatoms. The van der Waals surface area contributed by atoms with Gasteiger partial charge in [-0.3, -0.25) is 43.8 Å². The molecule has 1 aromatic carbocycles. The number of benzene rings is 1. The average molecular weight is 770 g/mol. The Morgan fingerprint density at radius 2 is 1.86 bits per heavy atom. The van der Waals surface area contributed by atoms with Crippen LogP contribution in [0.3, 0.4) is 0 Å². The zero-order chi connectivity index (χ0) is 39.3. The van der Waals surface area contributed by atoms with Gasteiger partial charge in [-0.05, 0) is 37.6 Å². The monoisotopic (exact) mass is 769 g/mol. The fourth-order valence-electron chi connectivity index (χ4n) is 8.13. The number of imide groups is 2. The molecule has 0 saturated carbocycles. The van der Waals surface area contributed by atoms with E-state index in [1.807, 2.05) is 11.0 Å². The summed E-state index contributed by atoms with van der Waals surface area (Å²) < 4.78 is 7.53. The molecule has 6 amide bonds. The Morgan fingerprint density at radius 1 is 1.07 bits per heavy atom. The van der Waals surface area contributed by atoms with Crippen LogP contribution < -0.4 is 31.9 Å². The van der Waals surface area contributed by atoms with Gasteiger partial charge in [0.25, 0.3) is 17.7 Å². The number of aromatic nitrogens is 4. The van der Waals surface area contributed by atoms with Crippen LogP contribution in [0.25, 0.3) is 0 Å². The lowest BCUT2D eigenvalue weighted by molar-refractivity contribution is -0.136. The number of piperidine rings is 1. The number of aryl methyl sites for hydroxylation is 1. The van der Waals surface area contributed by atoms with Crippen LogP contribution in [-0.2, 0) is 21.4 Å². The number of likely N-dealkylation sites (tertiary alicyclic amines) is 1. The van der Waals surface area contributed by atoms with Crippen LogP contribution in [-0.4, -0.2) is 147 Å². The van der Waals surface area contributed by atoms with Crippen molar-refractivity contribution in [1.82, 2.24) is 39.8 Å². The number of nitrogens with two attached hydrogens (primary N) is 2. The summed E-state index contributed by atoms with van der Waals surface area (Å²) in [6.07, 6.45) is 5.29. The minimum Gasteiger partial charge on any atom is -0.438 e. The molecule has 8 rings (SSSR count). The van der Waals surface area contributed by atoms with Gasteiger partial charge < -0.3 is 36.2 Å². The number of fused-ring (bicyclic) bond motifs is 1. The maximum Gasteiger partial charge on any atom is 0.410 e. The van der Waals surface area contributed by atoms with Gasteiger partial charge in [0.1, 0.15) is 11.9 Å². The van der Waals surface area contributed by atoms with Gasteiger partial charge in [-0.1, -0.05) is 0 Å². The Morgan fingerprint density at radius 3 is 2.57 bits per heavy atom. The van der Waals surface area contributed by atoms with Gasteiger partial charge in [-0.2, -0.15) is 5.10 Å². The number of nitrogens with one attached hydrogen (secondary N) is 2. The van der Waals surface area contributed by atoms with Gasteiger partial charge in [0.15, 0.2) is 17.1 Å². The van der Waals surface area contributed by atoms with E-state index in [1.165, 1.54) is 6.20 Å². The summed E-state index contributed by atoms with van der Waals surface area (Å²) in [5.74, 6) is -1.77. The molecule has 4 fully saturated rings. The van der Waals surface area contributed by atoms with Crippen molar-refractivity contribution in [2.75, 3.05) is 80.6 Å². The molecule has 1 atom stereocenters. The van der Waals surface area contributed by atoms with Crippen LogP contribution in [0.2, 0.25) is 0 Å². The third kappa shape index (κ3) is 6.96. The summed E-state index contributed by atoms with van der Waals surface area (Å²) in [6, 6.07) is 4.16. The molecule has 1 spiro atoms. The van der Waals surface area contributed by atoms with E-state index in [0.717, 1.165) is 30.2 Å². The lowest BCUT2D eigenvalue weighted by Gasteiger charge is -2.50. The number of rotatable bonds is 14. The predicted octanol–water partition coefficient (Wildman–Crippen LogP) is -0.748. The van der Waals surface area contributed by atoms with Crippen LogP contribution in [0.5, 0.6) is 0 Å². The third-order valence-corrected chi connectivity index (χ3v) is 10.9. The van der Waals surface area contributed by atoms with Crippen LogP contribution in [0.15, 0.2) is 36.8 Å². The molecule has 0 bridgehead atoms. The second-order valence-electron chi connectivity index (χ2n) is 15.0. The van der Waals surface area contributed by atoms with Crippen LogP contribution in [0, 0.1) is 5.92 Å². The lowest BCUT2D eigenvalue weighted by Crippen LogP contribution is -2.66. The normalized spacial score (nSPS) is 20.6. The fraction of sp³-hybridized carbons (Fsp3) is 0.472. The highest BCUT2D eigenvalue weighted by molar-refractivity contribution is 6.23. The highest BCUT2D eigenvalue weighted by Gasteiger charge is 2.54. The molecule has 4 saturated heterocycles. The molecule has 1 unspecified atom stereocenters. The van der Waals surface area contributed by atoms with Crippen molar-refractivity contribution in [3.05, 3.63) is 53.6 Å². The van der Waals surface area contributed by atoms with E-state index < -0.39 is 41.2 Å². The molecule has 7 heterocycles. The minimum atomic E-state index is -1.00. The molecule has 0 aliphatic carbocycles. The number of amides is 6. The quantitative estimate of drug-likeness (QED) is 0.147. The van der Waals surface area contributed by atoms with E-state index in [9.17, 15) is 28.8 Å². The van der Waals surface area contributed by atoms with Gasteiger partial charge in [-0.15, -0.1) is 0 Å². The number of nitrogens with zero attached hydrogens (tertiary/aromatic N) is 9. The van der Waals surface area contributed by atoms with Gasteiger partial charge in [0.05, 0.1) is 35.8 Å². The van der Waals surface area contributed by atoms with Crippen LogP contribution in [0.4, 0.5) is 27.8 Å². The second kappa shape index (κ2) is 14.5. The third-order valence-electron chi connectivity index (χ3n) is 10.9. The summed E-state index contributed by atoms with van der Waals surface area (Å²) in [6.45, 7) is 5.86. The molecule has 5 aliphatic rings. The maximum atomic E-state index is 13.3. The summed E-state index contributed by atoms with van der Waals surface area (Å²) in [5, 5.41) is 9.43. The van der Waals surface area contributed by atoms with Crippen molar-refractivity contribution in [1.29, 1.82) is 0 Å². The van der Waals surface area contributed by atoms with E-state index in [2.05, 4.69) is 35.5 Å². The molecule has 3 aromatic rings. The van der Waals surface area contributed by atoms with Crippen molar-refractivity contribution in [2.24, 2.45) is 24.4 Å². The first-order chi connectivity index (χ1) is 26.9. The zero-order valence-electron chi connectivity index (χ0n) is 30.8. The molecule has 2 aromatic heterocycles. The Kier molecular flexibility index (Phi) is 9.53. The number of hydrogen-bond acceptors (Lipinski definition) is 15. The molecular weight excluding hydrogens is 726 g/mol. The Bertz CT molecular complexity index is 2110. The maximum absolute atomic E-state index is 13.3. The summed E-state index contributed by atoms with van der Waals surface area (Å²) >= 11 is 0. The van der Waals surface area contributed by atoms with Gasteiger partial charge in [0, 0.05) is 83.6 Å². The summed E-state index contributed by atoms with van der Waals surface area (Å²) in [4.78, 5) is 93.5. The van der Waals surface area contributed by atoms with E-state index in [4.69, 9.17) is 16.2 Å². The molecule has 0 radical (unpaired) electrons. The van der Waals surface area contributed by atoms with Crippen molar-refractivity contribution < 1.29 is 33.5 Å². The number of anilines is 4. The molecule has 294 valence electrons. The first-order valence-electron chi connectivity index (χ1n) is 18.6. The highest BCUT2D eigenvalue weighted by atomic mass is 16.6. The standard InChI is InChI=1S/C36H43N13O7/c1-44-17-22(12-40-44)41-31-29(30(38)51)39-13-27(42-31)46(8-2-7-37)9-10-47-20-36(56-35(47)55)18-45(19-36)14-21-15-48(16-21)23-3-4-24-25(11-23)34(54)49(33(24)53)26-5-6-28(50)43-32(26)52/h3-4,11-13,17,21,26H,2,5-10,14-16,18-20,37H2,1H3,(H2,38,51)(H,41,42)(H,43,50,52). The SMILES string of the molecule is Cn1cc(Nc2nc(N(CCCN)CCN3CC4(CN(CC5CN(c6ccc7c(c6)C(=O)N(C6CCC(=O)NC6=O)C7=O)C5)C4)OC3=O)cnc2C(N)=O)cn1. The van der Waals surface area contributed by atoms with Crippen molar-refractivity contribution in [2.45, 2.75) is 30.9 Å². The van der Waals surface area contributed by atoms with Gasteiger partial charge in [-0.25, -0.2) is 14.8 Å². The first kappa shape index (κ1) is 36.8. The fourth-order valence-corrected chi connectivity index (χ4v) is 8.13. The first-order valence-corrected chi connectivity index (χ1v) is 18.6. The van der Waals surface area contributed by atoms with Crippen LogP contribution in [0.1, 0.15) is 50.5 Å². The molecule has 56 heavy (non-hydrogen) atoms. The minimum absolute atomic E-state index is 0.0110. The van der Waals surface area contributed by atoms with Gasteiger partial charge in [0.2, 0.25) is 11.8 Å². The largest absolute Gasteiger partial charge is 0.438 e. The van der Waals surface area contributed by atoms with Crippen molar-refractivity contribution >= 4 is 58.6 Å². The van der Waals surface area contributed by atoms with Crippen molar-refractivity contribution in [3.8, 4) is 0 Å². The van der Waals surface area contributed by atoms with Crippen molar-refractivity contribution in [3.63, 3.8) is 0 Å². The molecule has 20 nitrogen and oxygen atoms in total. The number of hydrogen-bond donors (Lipinski definition) is 4. The molecule has 6 N–H and O–H groups in total. The zero-order valence-corrected chi connectivity index (χ0v) is 30.8. The predicted molar refractivity (Wildman–Crippen MR) is 199 cm³/mol. The molecule has 5 aliphatic heterocycles.